The fourth-order valence-electron chi connectivity index (χ4n) is 1.71. The predicted molar refractivity (Wildman–Crippen MR) is 72.1 cm³/mol. The van der Waals surface area contributed by atoms with Crippen LogP contribution in [0.25, 0.3) is 0 Å². The Morgan fingerprint density at radius 3 is 2.39 bits per heavy atom. The zero-order valence-electron chi connectivity index (χ0n) is 9.66. The zero-order chi connectivity index (χ0) is 13.1. The summed E-state index contributed by atoms with van der Waals surface area (Å²) >= 11 is 12.3. The van der Waals surface area contributed by atoms with E-state index in [1.54, 1.807) is 31.4 Å². The molecule has 0 heterocycles. The number of methoxy groups -OCH3 is 1. The molecule has 0 bridgehead atoms. The van der Waals surface area contributed by atoms with Crippen molar-refractivity contribution in [3.63, 3.8) is 0 Å². The van der Waals surface area contributed by atoms with Gasteiger partial charge >= 0.3 is 0 Å². The molecule has 1 unspecified atom stereocenters. The largest absolute Gasteiger partial charge is 0.496 e. The molecule has 0 saturated carbocycles. The van der Waals surface area contributed by atoms with Crippen LogP contribution in [0.5, 0.6) is 5.75 Å². The molecule has 2 rings (SSSR count). The minimum Gasteiger partial charge on any atom is -0.496 e. The van der Waals surface area contributed by atoms with Gasteiger partial charge in [0.1, 0.15) is 11.6 Å². The molecule has 0 fully saturated rings. The first kappa shape index (κ1) is 13.2. The third kappa shape index (κ3) is 2.77. The summed E-state index contributed by atoms with van der Waals surface area (Å²) in [5.41, 5.74) is 1.61. The van der Waals surface area contributed by atoms with Crippen LogP contribution >= 0.6 is 23.2 Å². The first-order valence-corrected chi connectivity index (χ1v) is 6.16. The van der Waals surface area contributed by atoms with E-state index in [-0.39, 0.29) is 5.82 Å². The lowest BCUT2D eigenvalue weighted by Gasteiger charge is -2.14. The lowest BCUT2D eigenvalue weighted by molar-refractivity contribution is 0.410. The van der Waals surface area contributed by atoms with Gasteiger partial charge in [0, 0.05) is 10.6 Å². The van der Waals surface area contributed by atoms with Gasteiger partial charge in [0.05, 0.1) is 12.5 Å². The van der Waals surface area contributed by atoms with Crippen LogP contribution in [0.2, 0.25) is 5.02 Å². The Morgan fingerprint density at radius 2 is 1.78 bits per heavy atom. The molecule has 0 aliphatic rings. The number of ether oxygens (including phenoxy) is 1. The van der Waals surface area contributed by atoms with Crippen LogP contribution in [0.15, 0.2) is 42.5 Å². The SMILES string of the molecule is COc1cc(Cl)ccc1C(Cl)c1ccc(F)cc1. The van der Waals surface area contributed by atoms with Crippen molar-refractivity contribution in [1.29, 1.82) is 0 Å². The molecule has 0 spiro atoms. The van der Waals surface area contributed by atoms with Crippen molar-refractivity contribution in [2.24, 2.45) is 0 Å². The lowest BCUT2D eigenvalue weighted by atomic mass is 10.0. The highest BCUT2D eigenvalue weighted by atomic mass is 35.5. The number of hydrogen-bond donors (Lipinski definition) is 0. The molecule has 0 saturated heterocycles. The van der Waals surface area contributed by atoms with Crippen molar-refractivity contribution in [3.8, 4) is 5.75 Å². The van der Waals surface area contributed by atoms with Gasteiger partial charge in [0.15, 0.2) is 0 Å². The van der Waals surface area contributed by atoms with E-state index in [1.165, 1.54) is 12.1 Å². The molecule has 2 aromatic rings. The lowest BCUT2D eigenvalue weighted by Crippen LogP contribution is -1.97. The normalized spacial score (nSPS) is 12.2. The maximum atomic E-state index is 12.9. The van der Waals surface area contributed by atoms with E-state index in [2.05, 4.69) is 0 Å². The average molecular weight is 285 g/mol. The minimum absolute atomic E-state index is 0.286. The Kier molecular flexibility index (Phi) is 4.10. The molecule has 0 aromatic heterocycles. The standard InChI is InChI=1S/C14H11Cl2FO/c1-18-13-8-10(15)4-7-12(13)14(16)9-2-5-11(17)6-3-9/h2-8,14H,1H3. The van der Waals surface area contributed by atoms with Gasteiger partial charge in [0.2, 0.25) is 0 Å². The predicted octanol–water partition coefficient (Wildman–Crippen LogP) is 4.82. The molecule has 1 atom stereocenters. The summed E-state index contributed by atoms with van der Waals surface area (Å²) in [5, 5.41) is 0.177. The van der Waals surface area contributed by atoms with Crippen molar-refractivity contribution < 1.29 is 9.13 Å². The van der Waals surface area contributed by atoms with E-state index >= 15 is 0 Å². The van der Waals surface area contributed by atoms with Gasteiger partial charge in [0.25, 0.3) is 0 Å². The molecule has 0 aliphatic heterocycles. The minimum atomic E-state index is -0.405. The van der Waals surface area contributed by atoms with Crippen LogP contribution in [-0.2, 0) is 0 Å². The van der Waals surface area contributed by atoms with Crippen LogP contribution in [0.3, 0.4) is 0 Å². The smallest absolute Gasteiger partial charge is 0.125 e. The first-order chi connectivity index (χ1) is 8.61. The molecule has 1 nitrogen and oxygen atoms in total. The third-order valence-corrected chi connectivity index (χ3v) is 3.35. The fourth-order valence-corrected chi connectivity index (χ4v) is 2.19. The summed E-state index contributed by atoms with van der Waals surface area (Å²) in [6, 6.07) is 11.3. The summed E-state index contributed by atoms with van der Waals surface area (Å²) in [4.78, 5) is 0. The van der Waals surface area contributed by atoms with E-state index in [9.17, 15) is 4.39 Å². The Balaban J connectivity index is 2.39. The van der Waals surface area contributed by atoms with Gasteiger partial charge < -0.3 is 4.74 Å². The average Bonchev–Trinajstić information content (AvgIpc) is 2.38. The number of alkyl halides is 1. The second-order valence-electron chi connectivity index (χ2n) is 3.80. The summed E-state index contributed by atoms with van der Waals surface area (Å²) in [6.45, 7) is 0. The van der Waals surface area contributed by atoms with Crippen LogP contribution in [0.4, 0.5) is 4.39 Å². The Bertz CT molecular complexity index is 540. The molecular weight excluding hydrogens is 274 g/mol. The molecule has 94 valence electrons. The van der Waals surface area contributed by atoms with Gasteiger partial charge in [-0.05, 0) is 29.8 Å². The maximum absolute atomic E-state index is 12.9. The molecular formula is C14H11Cl2FO. The van der Waals surface area contributed by atoms with Gasteiger partial charge in [-0.3, -0.25) is 0 Å². The van der Waals surface area contributed by atoms with Gasteiger partial charge in [-0.2, -0.15) is 0 Å². The number of halogens is 3. The van der Waals surface area contributed by atoms with E-state index < -0.39 is 5.38 Å². The molecule has 0 N–H and O–H groups in total. The molecule has 2 aromatic carbocycles. The molecule has 18 heavy (non-hydrogen) atoms. The zero-order valence-corrected chi connectivity index (χ0v) is 11.2. The molecule has 0 radical (unpaired) electrons. The van der Waals surface area contributed by atoms with Crippen LogP contribution < -0.4 is 4.74 Å². The monoisotopic (exact) mass is 284 g/mol. The van der Waals surface area contributed by atoms with Crippen LogP contribution in [0.1, 0.15) is 16.5 Å². The fraction of sp³-hybridized carbons (Fsp3) is 0.143. The maximum Gasteiger partial charge on any atom is 0.125 e. The molecule has 4 heteroatoms. The van der Waals surface area contributed by atoms with Crippen molar-refractivity contribution in [1.82, 2.24) is 0 Å². The van der Waals surface area contributed by atoms with E-state index in [4.69, 9.17) is 27.9 Å². The highest BCUT2D eigenvalue weighted by Gasteiger charge is 2.15. The topological polar surface area (TPSA) is 9.23 Å². The van der Waals surface area contributed by atoms with Crippen molar-refractivity contribution in [2.45, 2.75) is 5.38 Å². The molecule has 0 amide bonds. The second kappa shape index (κ2) is 5.59. The van der Waals surface area contributed by atoms with Crippen molar-refractivity contribution in [3.05, 3.63) is 64.4 Å². The third-order valence-electron chi connectivity index (χ3n) is 2.63. The van der Waals surface area contributed by atoms with Crippen LogP contribution in [0, 0.1) is 5.82 Å². The van der Waals surface area contributed by atoms with Crippen molar-refractivity contribution >= 4 is 23.2 Å². The Morgan fingerprint density at radius 1 is 1.11 bits per heavy atom. The number of rotatable bonds is 3. The highest BCUT2D eigenvalue weighted by molar-refractivity contribution is 6.30. The second-order valence-corrected chi connectivity index (χ2v) is 4.67. The highest BCUT2D eigenvalue weighted by Crippen LogP contribution is 2.36. The Labute approximate surface area is 115 Å². The van der Waals surface area contributed by atoms with Gasteiger partial charge in [-0.25, -0.2) is 4.39 Å². The van der Waals surface area contributed by atoms with E-state index in [1.807, 2.05) is 6.07 Å². The van der Waals surface area contributed by atoms with Crippen molar-refractivity contribution in [2.75, 3.05) is 7.11 Å². The van der Waals surface area contributed by atoms with E-state index in [0.717, 1.165) is 11.1 Å². The number of hydrogen-bond acceptors (Lipinski definition) is 1. The first-order valence-electron chi connectivity index (χ1n) is 5.35. The van der Waals surface area contributed by atoms with Crippen LogP contribution in [-0.4, -0.2) is 7.11 Å². The molecule has 0 aliphatic carbocycles. The van der Waals surface area contributed by atoms with E-state index in [0.29, 0.717) is 10.8 Å². The summed E-state index contributed by atoms with van der Waals surface area (Å²) in [5.74, 6) is 0.331. The Hall–Kier alpha value is -1.25. The summed E-state index contributed by atoms with van der Waals surface area (Å²) < 4.78 is 18.1. The van der Waals surface area contributed by atoms with Gasteiger partial charge in [-0.1, -0.05) is 29.8 Å². The quantitative estimate of drug-likeness (QED) is 0.735. The summed E-state index contributed by atoms with van der Waals surface area (Å²) in [6.07, 6.45) is 0. The van der Waals surface area contributed by atoms with Gasteiger partial charge in [-0.15, -0.1) is 11.6 Å². The summed E-state index contributed by atoms with van der Waals surface area (Å²) in [7, 11) is 1.56. The number of benzene rings is 2.